The van der Waals surface area contributed by atoms with E-state index in [1.807, 2.05) is 6.92 Å². The normalized spacial score (nSPS) is 20.1. The Kier molecular flexibility index (Phi) is 7.29. The van der Waals surface area contributed by atoms with E-state index in [1.54, 1.807) is 20.2 Å². The summed E-state index contributed by atoms with van der Waals surface area (Å²) in [5.41, 5.74) is -0.611. The maximum Gasteiger partial charge on any atom is 0.416 e. The Labute approximate surface area is 163 Å². The van der Waals surface area contributed by atoms with Crippen LogP contribution in [0.3, 0.4) is 0 Å². The molecule has 1 aliphatic heterocycles. The Morgan fingerprint density at radius 1 is 1.32 bits per heavy atom. The number of likely N-dealkylation sites (N-methyl/N-ethyl adjacent to an activating group) is 1. The molecule has 2 rings (SSSR count). The lowest BCUT2D eigenvalue weighted by atomic mass is 10.0. The maximum absolute atomic E-state index is 12.9. The average Bonchev–Trinajstić information content (AvgIpc) is 3.07. The predicted molar refractivity (Wildman–Crippen MR) is 101 cm³/mol. The van der Waals surface area contributed by atoms with Gasteiger partial charge in [0.15, 0.2) is 5.96 Å². The molecular formula is C19H27F3N4O2. The quantitative estimate of drug-likeness (QED) is 0.569. The molecule has 9 heteroatoms. The summed E-state index contributed by atoms with van der Waals surface area (Å²) >= 11 is 0. The SMILES string of the molecule is CN(C)C(=O)CNC(=NCc1cccc(C(F)(F)F)c1)NCC1(C)CCCO1. The molecule has 1 aromatic rings. The van der Waals surface area contributed by atoms with Crippen molar-refractivity contribution in [1.82, 2.24) is 15.5 Å². The van der Waals surface area contributed by atoms with Crippen LogP contribution in [0.15, 0.2) is 29.3 Å². The second-order valence-electron chi connectivity index (χ2n) is 7.26. The van der Waals surface area contributed by atoms with E-state index in [0.29, 0.717) is 24.7 Å². The molecule has 0 saturated carbocycles. The topological polar surface area (TPSA) is 66.0 Å². The van der Waals surface area contributed by atoms with E-state index in [9.17, 15) is 18.0 Å². The van der Waals surface area contributed by atoms with Gasteiger partial charge in [0.2, 0.25) is 5.91 Å². The van der Waals surface area contributed by atoms with Crippen LogP contribution in [0.25, 0.3) is 0 Å². The number of aliphatic imine (C=N–C) groups is 1. The number of guanidine groups is 1. The molecule has 0 bridgehead atoms. The fourth-order valence-corrected chi connectivity index (χ4v) is 2.76. The van der Waals surface area contributed by atoms with E-state index in [0.717, 1.165) is 25.0 Å². The van der Waals surface area contributed by atoms with Crippen LogP contribution in [0.2, 0.25) is 0 Å². The van der Waals surface area contributed by atoms with E-state index in [-0.39, 0.29) is 24.6 Å². The maximum atomic E-state index is 12.9. The van der Waals surface area contributed by atoms with Gasteiger partial charge in [-0.2, -0.15) is 13.2 Å². The van der Waals surface area contributed by atoms with E-state index >= 15 is 0 Å². The van der Waals surface area contributed by atoms with E-state index < -0.39 is 11.7 Å². The molecule has 1 atom stereocenters. The van der Waals surface area contributed by atoms with Gasteiger partial charge < -0.3 is 20.3 Å². The molecule has 1 unspecified atom stereocenters. The number of halogens is 3. The van der Waals surface area contributed by atoms with Crippen molar-refractivity contribution in [3.8, 4) is 0 Å². The van der Waals surface area contributed by atoms with Crippen molar-refractivity contribution in [3.63, 3.8) is 0 Å². The zero-order chi connectivity index (χ0) is 20.8. The molecule has 0 aliphatic carbocycles. The van der Waals surface area contributed by atoms with Crippen LogP contribution < -0.4 is 10.6 Å². The largest absolute Gasteiger partial charge is 0.416 e. The van der Waals surface area contributed by atoms with Gasteiger partial charge in [-0.3, -0.25) is 4.79 Å². The molecule has 1 amide bonds. The number of amides is 1. The van der Waals surface area contributed by atoms with Crippen LogP contribution in [-0.2, 0) is 22.3 Å². The third-order valence-corrected chi connectivity index (χ3v) is 4.51. The van der Waals surface area contributed by atoms with Crippen LogP contribution in [0.4, 0.5) is 13.2 Å². The van der Waals surface area contributed by atoms with E-state index in [4.69, 9.17) is 4.74 Å². The summed E-state index contributed by atoms with van der Waals surface area (Å²) in [6, 6.07) is 5.05. The zero-order valence-corrected chi connectivity index (χ0v) is 16.4. The molecule has 0 radical (unpaired) electrons. The minimum Gasteiger partial charge on any atom is -0.373 e. The number of carbonyl (C=O) groups excluding carboxylic acids is 1. The number of benzene rings is 1. The molecule has 1 heterocycles. The molecule has 2 N–H and O–H groups in total. The number of hydrogen-bond donors (Lipinski definition) is 2. The Morgan fingerprint density at radius 3 is 2.68 bits per heavy atom. The fourth-order valence-electron chi connectivity index (χ4n) is 2.76. The third-order valence-electron chi connectivity index (χ3n) is 4.51. The number of carbonyl (C=O) groups is 1. The smallest absolute Gasteiger partial charge is 0.373 e. The number of rotatable bonds is 6. The molecule has 0 aromatic heterocycles. The molecular weight excluding hydrogens is 373 g/mol. The predicted octanol–water partition coefficient (Wildman–Crippen LogP) is 2.40. The fraction of sp³-hybridized carbons (Fsp3) is 0.579. The number of ether oxygens (including phenoxy) is 1. The highest BCUT2D eigenvalue weighted by Gasteiger charge is 2.31. The molecule has 1 saturated heterocycles. The minimum absolute atomic E-state index is 0.0268. The molecule has 28 heavy (non-hydrogen) atoms. The Hall–Kier alpha value is -2.29. The van der Waals surface area contributed by atoms with Crippen molar-refractivity contribution in [2.45, 2.75) is 38.1 Å². The van der Waals surface area contributed by atoms with Crippen LogP contribution in [-0.4, -0.2) is 56.2 Å². The third kappa shape index (κ3) is 6.70. The summed E-state index contributed by atoms with van der Waals surface area (Å²) in [6.45, 7) is 3.24. The first-order valence-electron chi connectivity index (χ1n) is 9.11. The number of alkyl halides is 3. The Morgan fingerprint density at radius 2 is 2.07 bits per heavy atom. The summed E-state index contributed by atoms with van der Waals surface area (Å²) in [5, 5.41) is 6.06. The highest BCUT2D eigenvalue weighted by atomic mass is 19.4. The number of hydrogen-bond acceptors (Lipinski definition) is 3. The first kappa shape index (κ1) is 22.0. The second-order valence-corrected chi connectivity index (χ2v) is 7.26. The molecule has 156 valence electrons. The van der Waals surface area contributed by atoms with Gasteiger partial charge in [-0.15, -0.1) is 0 Å². The van der Waals surface area contributed by atoms with Crippen molar-refractivity contribution in [1.29, 1.82) is 0 Å². The summed E-state index contributed by atoms with van der Waals surface area (Å²) in [5.74, 6) is 0.209. The first-order chi connectivity index (χ1) is 13.1. The van der Waals surface area contributed by atoms with Crippen molar-refractivity contribution < 1.29 is 22.7 Å². The number of nitrogens with one attached hydrogen (secondary N) is 2. The average molecular weight is 400 g/mol. The molecule has 1 aliphatic rings. The summed E-state index contributed by atoms with van der Waals surface area (Å²) in [4.78, 5) is 17.6. The first-order valence-corrected chi connectivity index (χ1v) is 9.11. The summed E-state index contributed by atoms with van der Waals surface area (Å²) < 4.78 is 44.3. The van der Waals surface area contributed by atoms with Gasteiger partial charge in [-0.1, -0.05) is 12.1 Å². The molecule has 6 nitrogen and oxygen atoms in total. The molecule has 1 fully saturated rings. The van der Waals surface area contributed by atoms with Gasteiger partial charge in [0, 0.05) is 27.2 Å². The highest BCUT2D eigenvalue weighted by molar-refractivity contribution is 5.86. The Bertz CT molecular complexity index is 699. The van der Waals surface area contributed by atoms with Crippen molar-refractivity contribution in [3.05, 3.63) is 35.4 Å². The Balaban J connectivity index is 2.07. The van der Waals surface area contributed by atoms with Crippen LogP contribution >= 0.6 is 0 Å². The molecule has 0 spiro atoms. The van der Waals surface area contributed by atoms with Crippen molar-refractivity contribution in [2.24, 2.45) is 4.99 Å². The monoisotopic (exact) mass is 400 g/mol. The van der Waals surface area contributed by atoms with E-state index in [2.05, 4.69) is 15.6 Å². The summed E-state index contributed by atoms with van der Waals surface area (Å²) in [6.07, 6.45) is -2.52. The number of nitrogens with zero attached hydrogens (tertiary/aromatic N) is 2. The highest BCUT2D eigenvalue weighted by Crippen LogP contribution is 2.29. The van der Waals surface area contributed by atoms with Gasteiger partial charge in [0.25, 0.3) is 0 Å². The standard InChI is InChI=1S/C19H27F3N4O2/c1-18(8-5-9-28-18)13-25-17(24-12-16(27)26(2)3)23-11-14-6-4-7-15(10-14)19(20,21)22/h4,6-7,10H,5,8-9,11-13H2,1-3H3,(H2,23,24,25). The van der Waals surface area contributed by atoms with Gasteiger partial charge in [0.05, 0.1) is 24.3 Å². The zero-order valence-electron chi connectivity index (χ0n) is 16.4. The van der Waals surface area contributed by atoms with Crippen LogP contribution in [0.1, 0.15) is 30.9 Å². The lowest BCUT2D eigenvalue weighted by molar-refractivity contribution is -0.137. The van der Waals surface area contributed by atoms with E-state index in [1.165, 1.54) is 11.0 Å². The van der Waals surface area contributed by atoms with Gasteiger partial charge in [-0.25, -0.2) is 4.99 Å². The van der Waals surface area contributed by atoms with Crippen molar-refractivity contribution in [2.75, 3.05) is 33.8 Å². The molecule has 1 aromatic carbocycles. The lowest BCUT2D eigenvalue weighted by Gasteiger charge is -2.25. The van der Waals surface area contributed by atoms with Gasteiger partial charge >= 0.3 is 6.18 Å². The van der Waals surface area contributed by atoms with Gasteiger partial charge in [0.1, 0.15) is 0 Å². The van der Waals surface area contributed by atoms with Crippen LogP contribution in [0.5, 0.6) is 0 Å². The minimum atomic E-state index is -4.40. The summed E-state index contributed by atoms with van der Waals surface area (Å²) in [7, 11) is 3.29. The second kappa shape index (κ2) is 9.27. The lowest BCUT2D eigenvalue weighted by Crippen LogP contribution is -2.47. The van der Waals surface area contributed by atoms with Gasteiger partial charge in [-0.05, 0) is 37.5 Å². The van der Waals surface area contributed by atoms with Crippen molar-refractivity contribution >= 4 is 11.9 Å². The van der Waals surface area contributed by atoms with Crippen LogP contribution in [0, 0.1) is 0 Å².